The zero-order valence-electron chi connectivity index (χ0n) is 13.8. The molecule has 0 atom stereocenters. The van der Waals surface area contributed by atoms with Crippen molar-refractivity contribution >= 4 is 0 Å². The fraction of sp³-hybridized carbons (Fsp3) is 0.700. The average Bonchev–Trinajstić information content (AvgIpc) is 2.46. The van der Waals surface area contributed by atoms with Gasteiger partial charge in [0.25, 0.3) is 0 Å². The fourth-order valence-corrected chi connectivity index (χ4v) is 4.22. The first kappa shape index (κ1) is 15.1. The summed E-state index contributed by atoms with van der Waals surface area (Å²) in [4.78, 5) is 0. The van der Waals surface area contributed by atoms with Crippen LogP contribution in [0.25, 0.3) is 0 Å². The second-order valence-corrected chi connectivity index (χ2v) is 7.45. The minimum absolute atomic E-state index is 0.782. The summed E-state index contributed by atoms with van der Waals surface area (Å²) < 4.78 is 0. The van der Waals surface area contributed by atoms with E-state index in [9.17, 15) is 0 Å². The minimum Gasteiger partial charge on any atom is -0.311 e. The Morgan fingerprint density at radius 3 is 2.24 bits per heavy atom. The van der Waals surface area contributed by atoms with Crippen molar-refractivity contribution in [2.24, 2.45) is 5.92 Å². The molecule has 2 saturated carbocycles. The van der Waals surface area contributed by atoms with E-state index >= 15 is 0 Å². The summed E-state index contributed by atoms with van der Waals surface area (Å²) in [5.74, 6) is 1.83. The largest absolute Gasteiger partial charge is 0.311 e. The number of nitrogens with one attached hydrogen (secondary N) is 1. The summed E-state index contributed by atoms with van der Waals surface area (Å²) in [5.41, 5.74) is 2.92. The van der Waals surface area contributed by atoms with Gasteiger partial charge in [0.15, 0.2) is 0 Å². The molecule has 3 rings (SSSR count). The Morgan fingerprint density at radius 1 is 0.952 bits per heavy atom. The van der Waals surface area contributed by atoms with Crippen LogP contribution in [0.1, 0.15) is 75.3 Å². The zero-order chi connectivity index (χ0) is 14.7. The van der Waals surface area contributed by atoms with Crippen LogP contribution in [0.15, 0.2) is 24.3 Å². The van der Waals surface area contributed by atoms with Crippen molar-refractivity contribution in [1.82, 2.24) is 5.32 Å². The molecule has 1 aromatic rings. The first-order valence-corrected chi connectivity index (χ1v) is 9.07. The van der Waals surface area contributed by atoms with E-state index in [-0.39, 0.29) is 0 Å². The van der Waals surface area contributed by atoms with E-state index in [0.29, 0.717) is 0 Å². The van der Waals surface area contributed by atoms with Gasteiger partial charge in [-0.05, 0) is 62.8 Å². The first-order chi connectivity index (χ1) is 10.2. The van der Waals surface area contributed by atoms with Crippen LogP contribution in [0.4, 0.5) is 0 Å². The monoisotopic (exact) mass is 285 g/mol. The molecule has 0 amide bonds. The van der Waals surface area contributed by atoms with Crippen molar-refractivity contribution < 1.29 is 0 Å². The summed E-state index contributed by atoms with van der Waals surface area (Å²) >= 11 is 0. The van der Waals surface area contributed by atoms with Crippen LogP contribution in [-0.4, -0.2) is 12.1 Å². The quantitative estimate of drug-likeness (QED) is 0.785. The van der Waals surface area contributed by atoms with E-state index in [0.717, 1.165) is 23.9 Å². The zero-order valence-corrected chi connectivity index (χ0v) is 13.8. The fourth-order valence-electron chi connectivity index (χ4n) is 4.22. The predicted octanol–water partition coefficient (Wildman–Crippen LogP) is 5.19. The smallest absolute Gasteiger partial charge is 0.00813 e. The molecule has 1 heteroatoms. The van der Waals surface area contributed by atoms with Crippen LogP contribution in [-0.2, 0) is 0 Å². The first-order valence-electron chi connectivity index (χ1n) is 9.07. The Morgan fingerprint density at radius 2 is 1.62 bits per heavy atom. The minimum atomic E-state index is 0.782. The van der Waals surface area contributed by atoms with Gasteiger partial charge in [-0.3, -0.25) is 0 Å². The normalized spacial score (nSPS) is 32.7. The average molecular weight is 285 g/mol. The van der Waals surface area contributed by atoms with Gasteiger partial charge >= 0.3 is 0 Å². The Kier molecular flexibility index (Phi) is 5.00. The predicted molar refractivity (Wildman–Crippen MR) is 90.7 cm³/mol. The maximum atomic E-state index is 3.93. The lowest BCUT2D eigenvalue weighted by atomic mass is 9.74. The summed E-state index contributed by atoms with van der Waals surface area (Å²) in [6.07, 6.45) is 11.2. The third-order valence-electron chi connectivity index (χ3n) is 5.70. The van der Waals surface area contributed by atoms with Gasteiger partial charge in [0, 0.05) is 12.1 Å². The third-order valence-corrected chi connectivity index (χ3v) is 5.70. The topological polar surface area (TPSA) is 12.0 Å². The molecule has 1 aromatic carbocycles. The molecule has 21 heavy (non-hydrogen) atoms. The number of hydrogen-bond acceptors (Lipinski definition) is 1. The second kappa shape index (κ2) is 6.96. The maximum absolute atomic E-state index is 3.93. The molecule has 0 radical (unpaired) electrons. The third kappa shape index (κ3) is 3.88. The van der Waals surface area contributed by atoms with E-state index in [1.54, 1.807) is 5.56 Å². The van der Waals surface area contributed by atoms with Crippen LogP contribution in [0.3, 0.4) is 0 Å². The maximum Gasteiger partial charge on any atom is 0.00813 e. The lowest BCUT2D eigenvalue weighted by Gasteiger charge is -2.40. The number of rotatable bonds is 5. The van der Waals surface area contributed by atoms with Crippen molar-refractivity contribution in [3.63, 3.8) is 0 Å². The second-order valence-electron chi connectivity index (χ2n) is 7.45. The summed E-state index contributed by atoms with van der Waals surface area (Å²) in [6, 6.07) is 10.8. The van der Waals surface area contributed by atoms with Crippen molar-refractivity contribution in [1.29, 1.82) is 0 Å². The summed E-state index contributed by atoms with van der Waals surface area (Å²) in [7, 11) is 0. The molecule has 116 valence electrons. The van der Waals surface area contributed by atoms with Crippen molar-refractivity contribution in [3.05, 3.63) is 35.4 Å². The Hall–Kier alpha value is -0.820. The van der Waals surface area contributed by atoms with Gasteiger partial charge < -0.3 is 5.32 Å². The Bertz CT molecular complexity index is 422. The number of benzene rings is 1. The van der Waals surface area contributed by atoms with E-state index in [2.05, 4.69) is 43.4 Å². The van der Waals surface area contributed by atoms with E-state index in [1.807, 2.05) is 0 Å². The SMILES string of the molecule is CCCC1CCC(NC2CC(c3ccc(C)cc3)C2)CC1. The van der Waals surface area contributed by atoms with Gasteiger partial charge in [-0.25, -0.2) is 0 Å². The molecular weight excluding hydrogens is 254 g/mol. The van der Waals surface area contributed by atoms with Crippen LogP contribution in [0.2, 0.25) is 0 Å². The van der Waals surface area contributed by atoms with Gasteiger partial charge in [-0.15, -0.1) is 0 Å². The molecule has 0 saturated heterocycles. The van der Waals surface area contributed by atoms with Gasteiger partial charge in [-0.2, -0.15) is 0 Å². The number of aryl methyl sites for hydroxylation is 1. The van der Waals surface area contributed by atoms with E-state index in [4.69, 9.17) is 0 Å². The van der Waals surface area contributed by atoms with Gasteiger partial charge in [-0.1, -0.05) is 49.6 Å². The van der Waals surface area contributed by atoms with Gasteiger partial charge in [0.1, 0.15) is 0 Å². The molecule has 0 aromatic heterocycles. The molecule has 0 unspecified atom stereocenters. The van der Waals surface area contributed by atoms with Gasteiger partial charge in [0.2, 0.25) is 0 Å². The molecule has 0 heterocycles. The molecule has 2 aliphatic rings. The standard InChI is InChI=1S/C20H31N/c1-3-4-16-7-11-19(12-8-16)21-20-13-18(14-20)17-9-5-15(2)6-10-17/h5-6,9-10,16,18-21H,3-4,7-8,11-14H2,1-2H3. The van der Waals surface area contributed by atoms with Crippen LogP contribution < -0.4 is 5.32 Å². The lowest BCUT2D eigenvalue weighted by Crippen LogP contribution is -2.46. The van der Waals surface area contributed by atoms with Gasteiger partial charge in [0.05, 0.1) is 0 Å². The van der Waals surface area contributed by atoms with E-state index in [1.165, 1.54) is 56.9 Å². The molecule has 1 nitrogen and oxygen atoms in total. The molecule has 0 spiro atoms. The molecule has 2 fully saturated rings. The highest BCUT2D eigenvalue weighted by molar-refractivity contribution is 5.26. The number of hydrogen-bond donors (Lipinski definition) is 1. The Labute approximate surface area is 130 Å². The summed E-state index contributed by atoms with van der Waals surface area (Å²) in [5, 5.41) is 3.93. The molecular formula is C20H31N. The highest BCUT2D eigenvalue weighted by Gasteiger charge is 2.32. The summed E-state index contributed by atoms with van der Waals surface area (Å²) in [6.45, 7) is 4.49. The molecule has 1 N–H and O–H groups in total. The van der Waals surface area contributed by atoms with Crippen molar-refractivity contribution in [2.75, 3.05) is 0 Å². The molecule has 0 aliphatic heterocycles. The molecule has 2 aliphatic carbocycles. The van der Waals surface area contributed by atoms with Crippen LogP contribution in [0, 0.1) is 12.8 Å². The lowest BCUT2D eigenvalue weighted by molar-refractivity contribution is 0.212. The van der Waals surface area contributed by atoms with Crippen LogP contribution >= 0.6 is 0 Å². The highest BCUT2D eigenvalue weighted by atomic mass is 15.0. The molecule has 0 bridgehead atoms. The highest BCUT2D eigenvalue weighted by Crippen LogP contribution is 2.38. The van der Waals surface area contributed by atoms with Crippen molar-refractivity contribution in [2.45, 2.75) is 83.2 Å². The Balaban J connectivity index is 1.38. The van der Waals surface area contributed by atoms with Crippen LogP contribution in [0.5, 0.6) is 0 Å². The van der Waals surface area contributed by atoms with E-state index < -0.39 is 0 Å². The van der Waals surface area contributed by atoms with Crippen molar-refractivity contribution in [3.8, 4) is 0 Å².